The highest BCUT2D eigenvalue weighted by molar-refractivity contribution is 7.91. The third-order valence-corrected chi connectivity index (χ3v) is 6.45. The van der Waals surface area contributed by atoms with Crippen LogP contribution < -0.4 is 20.2 Å². The Morgan fingerprint density at radius 3 is 2.53 bits per heavy atom. The van der Waals surface area contributed by atoms with Gasteiger partial charge in [0.2, 0.25) is 15.5 Å². The van der Waals surface area contributed by atoms with Crippen molar-refractivity contribution in [1.82, 2.24) is 10.3 Å². The zero-order valence-corrected chi connectivity index (χ0v) is 19.2. The number of carbonyl (C=O) groups is 1. The van der Waals surface area contributed by atoms with E-state index in [0.29, 0.717) is 22.5 Å². The number of methoxy groups -OCH3 is 1. The van der Waals surface area contributed by atoms with E-state index in [0.717, 1.165) is 5.56 Å². The molecule has 0 aliphatic rings. The third kappa shape index (κ3) is 5.44. The Balaban J connectivity index is 1.54. The Morgan fingerprint density at radius 2 is 1.76 bits per heavy atom. The predicted octanol–water partition coefficient (Wildman–Crippen LogP) is 3.41. The number of rotatable bonds is 8. The summed E-state index contributed by atoms with van der Waals surface area (Å²) in [4.78, 5) is 28.5. The van der Waals surface area contributed by atoms with Crippen LogP contribution in [0, 0.1) is 0 Å². The Labute approximate surface area is 196 Å². The molecule has 0 aliphatic carbocycles. The number of H-pyrrole nitrogens is 1. The lowest BCUT2D eigenvalue weighted by Crippen LogP contribution is -2.28. The summed E-state index contributed by atoms with van der Waals surface area (Å²) in [5.74, 6) is -0.329. The molecule has 0 atom stereocenters. The molecular formula is C25H23N3O5S. The Kier molecular flexibility index (Phi) is 6.65. The zero-order chi connectivity index (χ0) is 24.1. The average molecular weight is 478 g/mol. The summed E-state index contributed by atoms with van der Waals surface area (Å²) in [6.07, 6.45) is 1.37. The van der Waals surface area contributed by atoms with Crippen molar-refractivity contribution in [3.8, 4) is 5.75 Å². The monoisotopic (exact) mass is 477 g/mol. The highest BCUT2D eigenvalue weighted by Gasteiger charge is 2.16. The number of pyridine rings is 1. The van der Waals surface area contributed by atoms with Crippen molar-refractivity contribution in [3.05, 3.63) is 106 Å². The second-order valence-corrected chi connectivity index (χ2v) is 9.40. The molecule has 3 N–H and O–H groups in total. The highest BCUT2D eigenvalue weighted by atomic mass is 32.2. The van der Waals surface area contributed by atoms with Crippen LogP contribution in [0.15, 0.2) is 83.8 Å². The van der Waals surface area contributed by atoms with Gasteiger partial charge >= 0.3 is 0 Å². The maximum absolute atomic E-state index is 13.0. The van der Waals surface area contributed by atoms with Crippen molar-refractivity contribution >= 4 is 32.5 Å². The fourth-order valence-electron chi connectivity index (χ4n) is 3.52. The molecule has 4 rings (SSSR count). The van der Waals surface area contributed by atoms with E-state index in [1.807, 2.05) is 30.3 Å². The summed E-state index contributed by atoms with van der Waals surface area (Å²) < 4.78 is 33.0. The lowest BCUT2D eigenvalue weighted by Gasteiger charge is -2.10. The molecule has 174 valence electrons. The minimum Gasteiger partial charge on any atom is -0.497 e. The van der Waals surface area contributed by atoms with Crippen molar-refractivity contribution in [2.75, 3.05) is 11.8 Å². The molecule has 0 spiro atoms. The van der Waals surface area contributed by atoms with Crippen molar-refractivity contribution in [2.24, 2.45) is 0 Å². The van der Waals surface area contributed by atoms with E-state index in [2.05, 4.69) is 15.0 Å². The SMILES string of the molecule is COc1cccc(NS(=O)(=O)Cc2ccc3[nH]cc(C(=O)NCc4ccccc4)c(=O)c3c2)c1. The molecule has 8 nitrogen and oxygen atoms in total. The van der Waals surface area contributed by atoms with Gasteiger partial charge in [0.1, 0.15) is 11.3 Å². The standard InChI is InChI=1S/C25H23N3O5S/c1-33-20-9-5-8-19(13-20)28-34(31,32)16-18-10-11-23-21(12-18)24(29)22(15-26-23)25(30)27-14-17-6-3-2-4-7-17/h2-13,15,28H,14,16H2,1H3,(H,26,29)(H,27,30). The van der Waals surface area contributed by atoms with Crippen LogP contribution in [-0.4, -0.2) is 26.4 Å². The third-order valence-electron chi connectivity index (χ3n) is 5.19. The summed E-state index contributed by atoms with van der Waals surface area (Å²) in [6, 6.07) is 20.7. The molecule has 0 aliphatic heterocycles. The highest BCUT2D eigenvalue weighted by Crippen LogP contribution is 2.20. The Hall–Kier alpha value is -4.11. The molecule has 1 amide bonds. The first-order valence-electron chi connectivity index (χ1n) is 10.5. The molecule has 1 aromatic heterocycles. The topological polar surface area (TPSA) is 117 Å². The number of fused-ring (bicyclic) bond motifs is 1. The van der Waals surface area contributed by atoms with Crippen LogP contribution in [0.4, 0.5) is 5.69 Å². The molecule has 0 unspecified atom stereocenters. The Bertz CT molecular complexity index is 1500. The van der Waals surface area contributed by atoms with Crippen LogP contribution in [0.5, 0.6) is 5.75 Å². The summed E-state index contributed by atoms with van der Waals surface area (Å²) in [5, 5.41) is 2.97. The van der Waals surface area contributed by atoms with Gasteiger partial charge in [-0.3, -0.25) is 14.3 Å². The van der Waals surface area contributed by atoms with Gasteiger partial charge in [0.15, 0.2) is 0 Å². The number of nitrogens with one attached hydrogen (secondary N) is 3. The number of sulfonamides is 1. The quantitative estimate of drug-likeness (QED) is 0.360. The van der Waals surface area contributed by atoms with Gasteiger partial charge in [-0.05, 0) is 35.4 Å². The van der Waals surface area contributed by atoms with Crippen LogP contribution in [0.2, 0.25) is 0 Å². The molecule has 9 heteroatoms. The Morgan fingerprint density at radius 1 is 0.971 bits per heavy atom. The lowest BCUT2D eigenvalue weighted by atomic mass is 10.1. The van der Waals surface area contributed by atoms with Crippen molar-refractivity contribution < 1.29 is 17.9 Å². The van der Waals surface area contributed by atoms with E-state index >= 15 is 0 Å². The number of anilines is 1. The van der Waals surface area contributed by atoms with E-state index in [1.165, 1.54) is 19.4 Å². The zero-order valence-electron chi connectivity index (χ0n) is 18.4. The van der Waals surface area contributed by atoms with Crippen LogP contribution in [-0.2, 0) is 22.3 Å². The van der Waals surface area contributed by atoms with Crippen LogP contribution in [0.3, 0.4) is 0 Å². The van der Waals surface area contributed by atoms with Gasteiger partial charge in [0.05, 0.1) is 18.6 Å². The fourth-order valence-corrected chi connectivity index (χ4v) is 4.70. The minimum atomic E-state index is -3.76. The maximum atomic E-state index is 13.0. The van der Waals surface area contributed by atoms with Crippen molar-refractivity contribution in [2.45, 2.75) is 12.3 Å². The molecule has 0 bridgehead atoms. The van der Waals surface area contributed by atoms with Crippen molar-refractivity contribution in [1.29, 1.82) is 0 Å². The summed E-state index contributed by atoms with van der Waals surface area (Å²) >= 11 is 0. The average Bonchev–Trinajstić information content (AvgIpc) is 2.83. The van der Waals surface area contributed by atoms with Crippen molar-refractivity contribution in [3.63, 3.8) is 0 Å². The molecule has 0 saturated heterocycles. The normalized spacial score (nSPS) is 11.2. The first-order valence-corrected chi connectivity index (χ1v) is 12.1. The molecule has 4 aromatic rings. The van der Waals surface area contributed by atoms with Gasteiger partial charge in [-0.15, -0.1) is 0 Å². The van der Waals surface area contributed by atoms with Crippen LogP contribution in [0.25, 0.3) is 10.9 Å². The van der Waals surface area contributed by atoms with Gasteiger partial charge < -0.3 is 15.0 Å². The van der Waals surface area contributed by atoms with Gasteiger partial charge in [0.25, 0.3) is 5.91 Å². The molecular weight excluding hydrogens is 454 g/mol. The van der Waals surface area contributed by atoms with E-state index in [1.54, 1.807) is 36.4 Å². The summed E-state index contributed by atoms with van der Waals surface area (Å²) in [5.41, 5.74) is 1.68. The van der Waals surface area contributed by atoms with Gasteiger partial charge in [0, 0.05) is 29.7 Å². The molecule has 0 fully saturated rings. The number of aromatic amines is 1. The molecule has 3 aromatic carbocycles. The number of hydrogen-bond donors (Lipinski definition) is 3. The summed E-state index contributed by atoms with van der Waals surface area (Å²) in [7, 11) is -2.26. The minimum absolute atomic E-state index is 0.0436. The lowest BCUT2D eigenvalue weighted by molar-refractivity contribution is 0.0949. The first kappa shape index (κ1) is 23.1. The number of hydrogen-bond acceptors (Lipinski definition) is 5. The number of ether oxygens (including phenoxy) is 1. The van der Waals surface area contributed by atoms with E-state index in [4.69, 9.17) is 4.74 Å². The second kappa shape index (κ2) is 9.80. The predicted molar refractivity (Wildman–Crippen MR) is 131 cm³/mol. The number of benzene rings is 3. The molecule has 34 heavy (non-hydrogen) atoms. The van der Waals surface area contributed by atoms with Gasteiger partial charge in [-0.25, -0.2) is 8.42 Å². The fraction of sp³-hybridized carbons (Fsp3) is 0.120. The molecule has 0 radical (unpaired) electrons. The number of amides is 1. The van der Waals surface area contributed by atoms with E-state index in [-0.39, 0.29) is 23.2 Å². The number of carbonyl (C=O) groups excluding carboxylic acids is 1. The molecule has 1 heterocycles. The first-order chi connectivity index (χ1) is 16.3. The largest absolute Gasteiger partial charge is 0.497 e. The van der Waals surface area contributed by atoms with Gasteiger partial charge in [-0.2, -0.15) is 0 Å². The maximum Gasteiger partial charge on any atom is 0.257 e. The second-order valence-electron chi connectivity index (χ2n) is 7.67. The summed E-state index contributed by atoms with van der Waals surface area (Å²) in [6.45, 7) is 0.283. The van der Waals surface area contributed by atoms with Crippen LogP contribution >= 0.6 is 0 Å². The van der Waals surface area contributed by atoms with Crippen LogP contribution in [0.1, 0.15) is 21.5 Å². The van der Waals surface area contributed by atoms with E-state index < -0.39 is 21.4 Å². The smallest absolute Gasteiger partial charge is 0.257 e. The molecule has 0 saturated carbocycles. The van der Waals surface area contributed by atoms with E-state index in [9.17, 15) is 18.0 Å². The van der Waals surface area contributed by atoms with Gasteiger partial charge in [-0.1, -0.05) is 42.5 Å². The number of aromatic nitrogens is 1.